The molecule has 180 valence electrons. The lowest BCUT2D eigenvalue weighted by Gasteiger charge is -2.40. The van der Waals surface area contributed by atoms with Gasteiger partial charge >= 0.3 is 6.03 Å². The molecule has 3 heterocycles. The monoisotopic (exact) mass is 463 g/mol. The number of benzene rings is 2. The van der Waals surface area contributed by atoms with E-state index in [4.69, 9.17) is 9.47 Å². The highest BCUT2D eigenvalue weighted by atomic mass is 16.7. The Morgan fingerprint density at radius 3 is 2.50 bits per heavy atom. The number of hydrogen-bond donors (Lipinski definition) is 1. The number of piperidine rings is 1. The number of nitrogens with zero attached hydrogens (tertiary/aromatic N) is 2. The molecule has 1 N–H and O–H groups in total. The summed E-state index contributed by atoms with van der Waals surface area (Å²) < 4.78 is 10.8. The molecule has 3 amide bonds. The molecule has 0 unspecified atom stereocenters. The summed E-state index contributed by atoms with van der Waals surface area (Å²) in [6, 6.07) is 11.9. The van der Waals surface area contributed by atoms with Crippen LogP contribution in [0.1, 0.15) is 48.4 Å². The average Bonchev–Trinajstić information content (AvgIpc) is 3.39. The van der Waals surface area contributed by atoms with Crippen LogP contribution >= 0.6 is 0 Å². The fourth-order valence-corrected chi connectivity index (χ4v) is 5.66. The summed E-state index contributed by atoms with van der Waals surface area (Å²) in [5.74, 6) is 1.37. The van der Waals surface area contributed by atoms with Crippen molar-refractivity contribution in [3.05, 3.63) is 58.7 Å². The zero-order valence-electron chi connectivity index (χ0n) is 20.2. The molecule has 2 aromatic rings. The molecule has 0 saturated carbocycles. The van der Waals surface area contributed by atoms with E-state index in [9.17, 15) is 9.59 Å². The highest BCUT2D eigenvalue weighted by Gasteiger charge is 2.54. The number of hydrogen-bond acceptors (Lipinski definition) is 5. The van der Waals surface area contributed by atoms with Crippen LogP contribution in [0.4, 0.5) is 4.79 Å². The maximum Gasteiger partial charge on any atom is 0.325 e. The van der Waals surface area contributed by atoms with Crippen molar-refractivity contribution in [3.63, 3.8) is 0 Å². The molecule has 34 heavy (non-hydrogen) atoms. The van der Waals surface area contributed by atoms with Gasteiger partial charge in [-0.3, -0.25) is 14.6 Å². The van der Waals surface area contributed by atoms with Gasteiger partial charge in [0.25, 0.3) is 5.91 Å². The summed E-state index contributed by atoms with van der Waals surface area (Å²) in [6.45, 7) is 9.49. The van der Waals surface area contributed by atoms with Gasteiger partial charge in [-0.25, -0.2) is 4.79 Å². The fourth-order valence-electron chi connectivity index (χ4n) is 5.66. The first-order valence-electron chi connectivity index (χ1n) is 12.2. The van der Waals surface area contributed by atoms with E-state index in [0.717, 1.165) is 38.0 Å². The van der Waals surface area contributed by atoms with E-state index in [0.29, 0.717) is 17.9 Å². The van der Waals surface area contributed by atoms with E-state index in [-0.39, 0.29) is 31.2 Å². The second-order valence-corrected chi connectivity index (χ2v) is 9.81. The van der Waals surface area contributed by atoms with Crippen LogP contribution in [0.15, 0.2) is 36.4 Å². The summed E-state index contributed by atoms with van der Waals surface area (Å²) in [5.41, 5.74) is 3.99. The van der Waals surface area contributed by atoms with Crippen LogP contribution in [-0.4, -0.2) is 47.2 Å². The third-order valence-corrected chi connectivity index (χ3v) is 7.71. The first-order chi connectivity index (χ1) is 16.4. The van der Waals surface area contributed by atoms with Gasteiger partial charge in [-0.2, -0.15) is 0 Å². The van der Waals surface area contributed by atoms with Crippen molar-refractivity contribution in [2.45, 2.75) is 58.7 Å². The van der Waals surface area contributed by atoms with Gasteiger partial charge in [-0.15, -0.1) is 0 Å². The second-order valence-electron chi connectivity index (χ2n) is 9.81. The number of fused-ring (bicyclic) bond motifs is 1. The number of nitrogens with one attached hydrogen (secondary N) is 1. The Morgan fingerprint density at radius 2 is 1.76 bits per heavy atom. The van der Waals surface area contributed by atoms with Crippen molar-refractivity contribution in [2.75, 3.05) is 19.9 Å². The number of likely N-dealkylation sites (tertiary alicyclic amines) is 1. The molecule has 7 heteroatoms. The fraction of sp³-hybridized carbons (Fsp3) is 0.481. The molecule has 0 spiro atoms. The second kappa shape index (κ2) is 8.95. The molecule has 0 aromatic heterocycles. The molecule has 3 aliphatic rings. The van der Waals surface area contributed by atoms with Gasteiger partial charge in [-0.05, 0) is 80.9 Å². The largest absolute Gasteiger partial charge is 0.454 e. The van der Waals surface area contributed by atoms with Gasteiger partial charge in [0, 0.05) is 6.54 Å². The summed E-state index contributed by atoms with van der Waals surface area (Å²) >= 11 is 0. The molecule has 0 aliphatic carbocycles. The van der Waals surface area contributed by atoms with Gasteiger partial charge in [0.2, 0.25) is 6.79 Å². The Hall–Kier alpha value is -3.06. The molecule has 3 aliphatic heterocycles. The number of imide groups is 1. The predicted molar refractivity (Wildman–Crippen MR) is 129 cm³/mol. The molecular weight excluding hydrogens is 430 g/mol. The highest BCUT2D eigenvalue weighted by molar-refractivity contribution is 6.07. The molecule has 2 saturated heterocycles. The van der Waals surface area contributed by atoms with E-state index in [1.807, 2.05) is 25.1 Å². The number of ether oxygens (including phenoxy) is 2. The van der Waals surface area contributed by atoms with E-state index in [2.05, 4.69) is 42.3 Å². The van der Waals surface area contributed by atoms with Crippen LogP contribution in [0.25, 0.3) is 0 Å². The van der Waals surface area contributed by atoms with E-state index >= 15 is 0 Å². The van der Waals surface area contributed by atoms with Gasteiger partial charge in [-0.1, -0.05) is 36.8 Å². The number of rotatable bonds is 6. The number of aryl methyl sites for hydroxylation is 2. The standard InChI is InChI=1S/C27H33N3O4/c1-4-27(22-9-11-29(12-10-22)16-21-7-5-18(2)13-19(21)3)25(31)30(26(32)28-27)15-20-6-8-23-24(14-20)34-17-33-23/h5-8,13-14,22H,4,9-12,15-17H2,1-3H3,(H,28,32)/t27-/m0/s1. The van der Waals surface area contributed by atoms with Crippen molar-refractivity contribution in [1.29, 1.82) is 0 Å². The Morgan fingerprint density at radius 1 is 1.00 bits per heavy atom. The zero-order chi connectivity index (χ0) is 23.9. The van der Waals surface area contributed by atoms with Gasteiger partial charge in [0.1, 0.15) is 5.54 Å². The third-order valence-electron chi connectivity index (χ3n) is 7.71. The van der Waals surface area contributed by atoms with Crippen molar-refractivity contribution in [3.8, 4) is 11.5 Å². The molecule has 0 radical (unpaired) electrons. The van der Waals surface area contributed by atoms with Crippen LogP contribution in [-0.2, 0) is 17.9 Å². The molecule has 0 bridgehead atoms. The predicted octanol–water partition coefficient (Wildman–Crippen LogP) is 4.14. The normalized spacial score (nSPS) is 23.0. The van der Waals surface area contributed by atoms with E-state index in [1.165, 1.54) is 21.6 Å². The first kappa shape index (κ1) is 22.7. The van der Waals surface area contributed by atoms with E-state index < -0.39 is 5.54 Å². The summed E-state index contributed by atoms with van der Waals surface area (Å²) in [5, 5.41) is 3.10. The smallest absolute Gasteiger partial charge is 0.325 e. The minimum absolute atomic E-state index is 0.106. The molecule has 2 fully saturated rings. The lowest BCUT2D eigenvalue weighted by Crippen LogP contribution is -2.55. The quantitative estimate of drug-likeness (QED) is 0.652. The van der Waals surface area contributed by atoms with Gasteiger partial charge in [0.15, 0.2) is 11.5 Å². The highest BCUT2D eigenvalue weighted by Crippen LogP contribution is 2.38. The number of amides is 3. The van der Waals surface area contributed by atoms with Gasteiger partial charge < -0.3 is 14.8 Å². The number of urea groups is 1. The molecule has 2 aromatic carbocycles. The Bertz CT molecular complexity index is 1110. The van der Waals surface area contributed by atoms with Crippen molar-refractivity contribution < 1.29 is 19.1 Å². The lowest BCUT2D eigenvalue weighted by atomic mass is 9.75. The minimum atomic E-state index is -0.820. The maximum absolute atomic E-state index is 13.6. The minimum Gasteiger partial charge on any atom is -0.454 e. The van der Waals surface area contributed by atoms with Crippen LogP contribution in [0.2, 0.25) is 0 Å². The third kappa shape index (κ3) is 4.02. The SMILES string of the molecule is CC[C@@]1(C2CCN(Cc3ccc(C)cc3C)CC2)NC(=O)N(Cc2ccc3c(c2)OCO3)C1=O. The Balaban J connectivity index is 1.25. The van der Waals surface area contributed by atoms with Crippen molar-refractivity contribution >= 4 is 11.9 Å². The Labute approximate surface area is 201 Å². The maximum atomic E-state index is 13.6. The lowest BCUT2D eigenvalue weighted by molar-refractivity contribution is -0.134. The van der Waals surface area contributed by atoms with Crippen molar-refractivity contribution in [1.82, 2.24) is 15.1 Å². The van der Waals surface area contributed by atoms with Crippen LogP contribution in [0.5, 0.6) is 11.5 Å². The molecule has 5 rings (SSSR count). The summed E-state index contributed by atoms with van der Waals surface area (Å²) in [7, 11) is 0. The molecule has 1 atom stereocenters. The topological polar surface area (TPSA) is 71.1 Å². The zero-order valence-corrected chi connectivity index (χ0v) is 20.2. The van der Waals surface area contributed by atoms with Crippen LogP contribution in [0, 0.1) is 19.8 Å². The average molecular weight is 464 g/mol. The number of carbonyl (C=O) groups excluding carboxylic acids is 2. The first-order valence-corrected chi connectivity index (χ1v) is 12.2. The summed E-state index contributed by atoms with van der Waals surface area (Å²) in [4.78, 5) is 30.4. The van der Waals surface area contributed by atoms with Crippen molar-refractivity contribution in [2.24, 2.45) is 5.92 Å². The van der Waals surface area contributed by atoms with E-state index in [1.54, 1.807) is 0 Å². The van der Waals surface area contributed by atoms with Crippen LogP contribution < -0.4 is 14.8 Å². The van der Waals surface area contributed by atoms with Crippen LogP contribution in [0.3, 0.4) is 0 Å². The molecule has 7 nitrogen and oxygen atoms in total. The molecular formula is C27H33N3O4. The Kier molecular flexibility index (Phi) is 5.98. The summed E-state index contributed by atoms with van der Waals surface area (Å²) in [6.07, 6.45) is 2.38. The van der Waals surface area contributed by atoms with Gasteiger partial charge in [0.05, 0.1) is 6.54 Å². The number of carbonyl (C=O) groups is 2.